The number of thiazole rings is 1. The Labute approximate surface area is 104 Å². The van der Waals surface area contributed by atoms with Crippen molar-refractivity contribution in [3.63, 3.8) is 0 Å². The molecule has 0 aliphatic heterocycles. The van der Waals surface area contributed by atoms with E-state index in [1.165, 1.54) is 9.75 Å². The van der Waals surface area contributed by atoms with Gasteiger partial charge in [0.25, 0.3) is 0 Å². The van der Waals surface area contributed by atoms with E-state index in [4.69, 9.17) is 0 Å². The first-order valence-corrected chi connectivity index (χ1v) is 7.17. The average molecular weight is 252 g/mol. The lowest BCUT2D eigenvalue weighted by atomic mass is 10.1. The zero-order valence-corrected chi connectivity index (χ0v) is 11.2. The highest BCUT2D eigenvalue weighted by molar-refractivity contribution is 7.11. The van der Waals surface area contributed by atoms with Crippen molar-refractivity contribution in [2.75, 3.05) is 6.54 Å². The van der Waals surface area contributed by atoms with Crippen LogP contribution < -0.4 is 5.32 Å². The van der Waals surface area contributed by atoms with Gasteiger partial charge in [-0.05, 0) is 24.9 Å². The summed E-state index contributed by atoms with van der Waals surface area (Å²) in [4.78, 5) is 7.10. The maximum absolute atomic E-state index is 4.33. The van der Waals surface area contributed by atoms with E-state index in [2.05, 4.69) is 41.7 Å². The predicted molar refractivity (Wildman–Crippen MR) is 71.3 cm³/mol. The number of rotatable bonds is 5. The van der Waals surface area contributed by atoms with Crippen LogP contribution in [0.15, 0.2) is 23.7 Å². The van der Waals surface area contributed by atoms with E-state index in [1.807, 2.05) is 17.5 Å². The molecule has 4 heteroatoms. The molecule has 2 nitrogen and oxygen atoms in total. The van der Waals surface area contributed by atoms with Crippen LogP contribution in [0.2, 0.25) is 0 Å². The summed E-state index contributed by atoms with van der Waals surface area (Å²) in [5.41, 5.74) is 0. The zero-order valence-electron chi connectivity index (χ0n) is 9.56. The second-order valence-corrected chi connectivity index (χ2v) is 5.97. The molecule has 16 heavy (non-hydrogen) atoms. The monoisotopic (exact) mass is 252 g/mol. The highest BCUT2D eigenvalue weighted by atomic mass is 32.1. The van der Waals surface area contributed by atoms with Gasteiger partial charge in [0, 0.05) is 28.4 Å². The molecular weight excluding hydrogens is 236 g/mol. The lowest BCUT2D eigenvalue weighted by Crippen LogP contribution is -2.21. The summed E-state index contributed by atoms with van der Waals surface area (Å²) in [7, 11) is 0. The van der Waals surface area contributed by atoms with E-state index in [-0.39, 0.29) is 0 Å². The van der Waals surface area contributed by atoms with Gasteiger partial charge in [0.05, 0.1) is 5.01 Å². The Morgan fingerprint density at radius 3 is 2.94 bits per heavy atom. The quantitative estimate of drug-likeness (QED) is 0.882. The van der Waals surface area contributed by atoms with Crippen LogP contribution in [0.1, 0.15) is 27.7 Å². The summed E-state index contributed by atoms with van der Waals surface area (Å²) in [5, 5.41) is 6.81. The second-order valence-electron chi connectivity index (χ2n) is 3.68. The van der Waals surface area contributed by atoms with Crippen LogP contribution in [-0.2, 0) is 6.42 Å². The van der Waals surface area contributed by atoms with Crippen LogP contribution in [0.25, 0.3) is 0 Å². The maximum Gasteiger partial charge on any atom is 0.0897 e. The molecule has 0 bridgehead atoms. The predicted octanol–water partition coefficient (Wildman–Crippen LogP) is 3.41. The normalized spacial score (nSPS) is 12.9. The van der Waals surface area contributed by atoms with Crippen LogP contribution in [-0.4, -0.2) is 11.5 Å². The third-order valence-electron chi connectivity index (χ3n) is 2.42. The number of nitrogens with one attached hydrogen (secondary N) is 1. The number of aryl methyl sites for hydroxylation is 1. The number of hydrogen-bond donors (Lipinski definition) is 1. The Morgan fingerprint density at radius 1 is 1.50 bits per heavy atom. The fourth-order valence-electron chi connectivity index (χ4n) is 1.69. The van der Waals surface area contributed by atoms with Gasteiger partial charge in [0.1, 0.15) is 0 Å². The maximum atomic E-state index is 4.33. The highest BCUT2D eigenvalue weighted by Crippen LogP contribution is 2.25. The lowest BCUT2D eigenvalue weighted by molar-refractivity contribution is 0.561. The molecule has 0 radical (unpaired) electrons. The molecule has 0 saturated carbocycles. The molecule has 1 N–H and O–H groups in total. The SMILES string of the molecule is CCNC(Cc1cccs1)c1cnc(C)s1. The van der Waals surface area contributed by atoms with Crippen molar-refractivity contribution < 1.29 is 0 Å². The molecule has 0 aromatic carbocycles. The Kier molecular flexibility index (Phi) is 4.09. The van der Waals surface area contributed by atoms with Gasteiger partial charge in [0.2, 0.25) is 0 Å². The van der Waals surface area contributed by atoms with Crippen molar-refractivity contribution in [1.82, 2.24) is 10.3 Å². The third-order valence-corrected chi connectivity index (χ3v) is 4.34. The van der Waals surface area contributed by atoms with E-state index in [9.17, 15) is 0 Å². The zero-order chi connectivity index (χ0) is 11.4. The van der Waals surface area contributed by atoms with Crippen molar-refractivity contribution in [1.29, 1.82) is 0 Å². The molecule has 2 rings (SSSR count). The first-order chi connectivity index (χ1) is 7.79. The van der Waals surface area contributed by atoms with Crippen molar-refractivity contribution >= 4 is 22.7 Å². The molecule has 2 aromatic heterocycles. The molecule has 0 aliphatic carbocycles. The Morgan fingerprint density at radius 2 is 2.38 bits per heavy atom. The van der Waals surface area contributed by atoms with Crippen LogP contribution in [0.3, 0.4) is 0 Å². The largest absolute Gasteiger partial charge is 0.309 e. The molecule has 0 spiro atoms. The Bertz CT molecular complexity index is 420. The van der Waals surface area contributed by atoms with Gasteiger partial charge < -0.3 is 5.32 Å². The molecule has 0 fully saturated rings. The Balaban J connectivity index is 2.11. The van der Waals surface area contributed by atoms with Gasteiger partial charge in [-0.25, -0.2) is 4.98 Å². The topological polar surface area (TPSA) is 24.9 Å². The van der Waals surface area contributed by atoms with E-state index in [0.29, 0.717) is 6.04 Å². The molecule has 0 saturated heterocycles. The fourth-order valence-corrected chi connectivity index (χ4v) is 3.30. The van der Waals surface area contributed by atoms with Gasteiger partial charge in [-0.15, -0.1) is 22.7 Å². The van der Waals surface area contributed by atoms with E-state index >= 15 is 0 Å². The van der Waals surface area contributed by atoms with Gasteiger partial charge >= 0.3 is 0 Å². The van der Waals surface area contributed by atoms with Gasteiger partial charge in [0.15, 0.2) is 0 Å². The smallest absolute Gasteiger partial charge is 0.0897 e. The number of nitrogens with zero attached hydrogens (tertiary/aromatic N) is 1. The molecule has 86 valence electrons. The van der Waals surface area contributed by atoms with Crippen LogP contribution in [0.4, 0.5) is 0 Å². The standard InChI is InChI=1S/C12H16N2S2/c1-3-13-11(7-10-5-4-6-15-10)12-8-14-9(2)16-12/h4-6,8,11,13H,3,7H2,1-2H3. The molecule has 2 aromatic rings. The summed E-state index contributed by atoms with van der Waals surface area (Å²) in [6, 6.07) is 4.72. The number of aromatic nitrogens is 1. The van der Waals surface area contributed by atoms with Crippen molar-refractivity contribution in [2.45, 2.75) is 26.3 Å². The van der Waals surface area contributed by atoms with E-state index < -0.39 is 0 Å². The molecule has 1 unspecified atom stereocenters. The van der Waals surface area contributed by atoms with Crippen LogP contribution in [0.5, 0.6) is 0 Å². The number of thiophene rings is 1. The summed E-state index contributed by atoms with van der Waals surface area (Å²) < 4.78 is 0. The van der Waals surface area contributed by atoms with Gasteiger partial charge in [-0.2, -0.15) is 0 Å². The van der Waals surface area contributed by atoms with Crippen molar-refractivity contribution in [2.24, 2.45) is 0 Å². The van der Waals surface area contributed by atoms with Crippen LogP contribution in [0, 0.1) is 6.92 Å². The minimum atomic E-state index is 0.412. The second kappa shape index (κ2) is 5.57. The fraction of sp³-hybridized carbons (Fsp3) is 0.417. The first-order valence-electron chi connectivity index (χ1n) is 5.47. The van der Waals surface area contributed by atoms with E-state index in [0.717, 1.165) is 18.0 Å². The molecular formula is C12H16N2S2. The van der Waals surface area contributed by atoms with Crippen molar-refractivity contribution in [3.8, 4) is 0 Å². The molecule has 0 amide bonds. The van der Waals surface area contributed by atoms with Crippen molar-refractivity contribution in [3.05, 3.63) is 38.5 Å². The van der Waals surface area contributed by atoms with Gasteiger partial charge in [-0.1, -0.05) is 13.0 Å². The minimum Gasteiger partial charge on any atom is -0.309 e. The summed E-state index contributed by atoms with van der Waals surface area (Å²) in [6.07, 6.45) is 3.06. The third kappa shape index (κ3) is 2.90. The highest BCUT2D eigenvalue weighted by Gasteiger charge is 2.14. The number of hydrogen-bond acceptors (Lipinski definition) is 4. The summed E-state index contributed by atoms with van der Waals surface area (Å²) in [5.74, 6) is 0. The number of likely N-dealkylation sites (N-methyl/N-ethyl adjacent to an activating group) is 1. The summed E-state index contributed by atoms with van der Waals surface area (Å²) in [6.45, 7) is 5.20. The average Bonchev–Trinajstić information content (AvgIpc) is 2.88. The lowest BCUT2D eigenvalue weighted by Gasteiger charge is -2.14. The minimum absolute atomic E-state index is 0.412. The molecule has 1 atom stereocenters. The van der Waals surface area contributed by atoms with Gasteiger partial charge in [-0.3, -0.25) is 0 Å². The molecule has 2 heterocycles. The van der Waals surface area contributed by atoms with Crippen LogP contribution >= 0.6 is 22.7 Å². The van der Waals surface area contributed by atoms with E-state index in [1.54, 1.807) is 11.3 Å². The Hall–Kier alpha value is -0.710. The summed E-state index contributed by atoms with van der Waals surface area (Å²) >= 11 is 3.61. The molecule has 0 aliphatic rings. The first kappa shape index (κ1) is 11.8.